The van der Waals surface area contributed by atoms with Crippen LogP contribution in [0.15, 0.2) is 0 Å². The maximum Gasteiger partial charge on any atom is 0.142 e. The van der Waals surface area contributed by atoms with Gasteiger partial charge in [-0.05, 0) is 0 Å². The number of halogens is 6. The van der Waals surface area contributed by atoms with Crippen molar-refractivity contribution in [3.05, 3.63) is 0 Å². The first-order valence-corrected chi connectivity index (χ1v) is 45.5. The average molecular weight is 1730 g/mol. The van der Waals surface area contributed by atoms with Crippen molar-refractivity contribution in [3.8, 4) is 0 Å². The molecule has 0 saturated heterocycles. The second-order valence-corrected chi connectivity index (χ2v) is 21.6. The van der Waals surface area contributed by atoms with Crippen LogP contribution in [0, 0.1) is 0 Å². The maximum absolute atomic E-state index is 9.95. The van der Waals surface area contributed by atoms with E-state index in [1.807, 2.05) is 0 Å². The van der Waals surface area contributed by atoms with Crippen molar-refractivity contribution >= 4 is 52.1 Å². The highest BCUT2D eigenvalue weighted by Crippen LogP contribution is 2.10. The van der Waals surface area contributed by atoms with Gasteiger partial charge in [0.1, 0.15) is 238 Å². The Morgan fingerprint density at radius 1 is 0.111 bits per heavy atom. The van der Waals surface area contributed by atoms with E-state index in [-0.39, 0.29) is 0 Å². The van der Waals surface area contributed by atoms with Gasteiger partial charge in [-0.25, -0.2) is 0 Å². The lowest BCUT2D eigenvalue weighted by atomic mass is 10.7. The van der Waals surface area contributed by atoms with Gasteiger partial charge in [0.15, 0.2) is 0 Å². The molecular weight excluding hydrogens is 1550 g/mol. The molecule has 0 radical (unpaired) electrons. The van der Waals surface area contributed by atoms with Crippen LogP contribution in [0.4, 0.5) is 25.2 Å². The summed E-state index contributed by atoms with van der Waals surface area (Å²) >= 11 is 0. The van der Waals surface area contributed by atoms with Crippen LogP contribution >= 0.6 is 52.1 Å². The van der Waals surface area contributed by atoms with Crippen molar-refractivity contribution in [3.63, 3.8) is 0 Å². The summed E-state index contributed by atoms with van der Waals surface area (Å²) in [5, 5.41) is 0. The van der Waals surface area contributed by atoms with Gasteiger partial charge < -0.3 is 111 Å². The van der Waals surface area contributed by atoms with Gasteiger partial charge in [-0.3, -0.25) is 25.2 Å². The molecule has 0 amide bonds. The Hall–Kier alpha value is 1.20. The first kappa shape index (κ1) is 154. The molecule has 36 heteroatoms. The van der Waals surface area contributed by atoms with E-state index < -0.39 is 52.1 Å². The van der Waals surface area contributed by atoms with Gasteiger partial charge in [0, 0.05) is 249 Å². The molecule has 0 spiro atoms. The predicted molar refractivity (Wildman–Crippen MR) is 441 cm³/mol. The average Bonchev–Trinajstić information content (AvgIpc) is 3.21. The van der Waals surface area contributed by atoms with Crippen molar-refractivity contribution in [2.45, 2.75) is 249 Å². The normalized spacial score (nSPS) is 10.0. The third kappa shape index (κ3) is 226. The molecule has 108 heavy (non-hydrogen) atoms. The molecule has 0 aromatic carbocycles. The van der Waals surface area contributed by atoms with E-state index in [1.54, 1.807) is 0 Å². The van der Waals surface area contributed by atoms with E-state index in [0.717, 1.165) is 238 Å². The molecular formula is C72H180F6O24P6. The number of rotatable bonds is 36. The molecule has 0 N–H and O–H groups in total. The molecule has 0 heterocycles. The molecule has 0 aromatic heterocycles. The van der Waals surface area contributed by atoms with Crippen LogP contribution in [-0.2, 0) is 52.4 Å². The third-order valence-electron chi connectivity index (χ3n) is 14.7. The van der Waals surface area contributed by atoms with E-state index in [0.29, 0.717) is 0 Å². The fourth-order valence-electron chi connectivity index (χ4n) is 7.35. The smallest absolute Gasteiger partial charge is 0.142 e. The lowest BCUT2D eigenvalue weighted by Gasteiger charge is -2.14. The Morgan fingerprint density at radius 2 is 0.130 bits per heavy atom. The largest absolute Gasteiger partial charge is 0.816 e. The third-order valence-corrected chi connectivity index (χ3v) is 14.7. The minimum atomic E-state index is -3.62. The second kappa shape index (κ2) is 149. The summed E-state index contributed by atoms with van der Waals surface area (Å²) in [5.41, 5.74) is 0. The van der Waals surface area contributed by atoms with Gasteiger partial charge in [0.25, 0.3) is 0 Å². The summed E-state index contributed by atoms with van der Waals surface area (Å²) in [6.45, 7) is 117. The highest BCUT2D eigenvalue weighted by molar-refractivity contribution is 7.36. The molecule has 0 unspecified atom stereocenters. The topological polar surface area (TPSA) is 309 Å². The Bertz CT molecular complexity index is 865. The SMILES string of the molecule is CC[O+](CC)CC.CC[O+](CC)CC.CC[O+](CC)CC.CC[O+](CC)CC.CC[O+](CC)CC.CC[O+](CC)CC.CC[O+](CC)CC.CC[O+](CC)CC.CC[O+](CC)CC.CC[O+](CC)CC.CC[O+](CC)CC.CC[O+](CC)CC.[O-]P([O-])F.[O-]P([O-])F.[O-]P([O-])F.[O-]P([O-])F.[O-]P([O-])F.[O-]P([O-])F. The van der Waals surface area contributed by atoms with Gasteiger partial charge in [-0.2, -0.15) is 0 Å². The first-order chi connectivity index (χ1) is 50.5. The quantitative estimate of drug-likeness (QED) is 0.0321. The van der Waals surface area contributed by atoms with Crippen molar-refractivity contribution in [2.75, 3.05) is 238 Å². The molecule has 0 saturated carbocycles. The molecule has 0 aliphatic carbocycles. The standard InChI is InChI=1S/12C6H15O.6FO2P/c12*1-4-7(5-2)6-3;6*1-4(2)3/h12*4-6H2,1-3H3;;;;;;/q12*+1;6*-2. The molecule has 0 aliphatic rings. The van der Waals surface area contributed by atoms with Crippen LogP contribution < -0.4 is 58.7 Å². The zero-order valence-electron chi connectivity index (χ0n) is 76.2. The summed E-state index contributed by atoms with van der Waals surface area (Å²) in [4.78, 5) is 100. The lowest BCUT2D eigenvalue weighted by molar-refractivity contribution is -0.307. The van der Waals surface area contributed by atoms with Gasteiger partial charge in [-0.15, -0.1) is 52.1 Å². The Labute approximate surface area is 672 Å². The van der Waals surface area contributed by atoms with Gasteiger partial charge >= 0.3 is 0 Å². The van der Waals surface area contributed by atoms with Crippen molar-refractivity contribution in [1.82, 2.24) is 0 Å². The zero-order chi connectivity index (χ0) is 89.8. The van der Waals surface area contributed by atoms with Crippen LogP contribution in [0.1, 0.15) is 249 Å². The molecule has 0 aliphatic heterocycles. The van der Waals surface area contributed by atoms with E-state index in [1.165, 1.54) is 0 Å². The van der Waals surface area contributed by atoms with Crippen LogP contribution in [0.25, 0.3) is 0 Å². The zero-order valence-corrected chi connectivity index (χ0v) is 81.6. The van der Waals surface area contributed by atoms with Crippen LogP contribution in [-0.4, -0.2) is 238 Å². The lowest BCUT2D eigenvalue weighted by Crippen LogP contribution is -2.11. The molecule has 684 valence electrons. The van der Waals surface area contributed by atoms with E-state index in [2.05, 4.69) is 302 Å². The monoisotopic (exact) mass is 1730 g/mol. The summed E-state index contributed by atoms with van der Waals surface area (Å²) in [6, 6.07) is 0. The molecule has 0 aromatic rings. The highest BCUT2D eigenvalue weighted by Gasteiger charge is 2.01. The Balaban J connectivity index is -0.0000000498. The minimum Gasteiger partial charge on any atom is -0.816 e. The summed E-state index contributed by atoms with van der Waals surface area (Å²) in [7, 11) is -21.7. The van der Waals surface area contributed by atoms with Gasteiger partial charge in [-0.1, -0.05) is 0 Å². The molecule has 0 atom stereocenters. The second-order valence-electron chi connectivity index (χ2n) is 19.0. The molecule has 0 bridgehead atoms. The minimum absolute atomic E-state index is 1.10. The maximum atomic E-state index is 9.95. The van der Waals surface area contributed by atoms with Crippen molar-refractivity contribution < 1.29 is 136 Å². The molecule has 24 nitrogen and oxygen atoms in total. The Kier molecular flexibility index (Phi) is 213. The van der Waals surface area contributed by atoms with E-state index in [9.17, 15) is 25.2 Å². The Morgan fingerprint density at radius 3 is 0.130 bits per heavy atom. The summed E-state index contributed by atoms with van der Waals surface area (Å²) in [6.07, 6.45) is 0. The van der Waals surface area contributed by atoms with Gasteiger partial charge in [0.2, 0.25) is 0 Å². The van der Waals surface area contributed by atoms with Crippen LogP contribution in [0.2, 0.25) is 0 Å². The fraction of sp³-hybridized carbons (Fsp3) is 1.00. The van der Waals surface area contributed by atoms with Gasteiger partial charge in [0.05, 0.1) is 0 Å². The van der Waals surface area contributed by atoms with E-state index in [4.69, 9.17) is 58.7 Å². The summed E-state index contributed by atoms with van der Waals surface area (Å²) < 4.78 is 96.6. The number of hydrogen-bond acceptors (Lipinski definition) is 12. The number of hydrogen-bond donors (Lipinski definition) is 0. The predicted octanol–water partition coefficient (Wildman–Crippen LogP) is 12.6. The first-order valence-electron chi connectivity index (χ1n) is 39.1. The molecule has 0 fully saturated rings. The van der Waals surface area contributed by atoms with Crippen molar-refractivity contribution in [1.29, 1.82) is 0 Å². The van der Waals surface area contributed by atoms with E-state index >= 15 is 0 Å². The fourth-order valence-corrected chi connectivity index (χ4v) is 7.35. The van der Waals surface area contributed by atoms with Crippen LogP contribution in [0.3, 0.4) is 0 Å². The molecule has 0 rings (SSSR count). The van der Waals surface area contributed by atoms with Crippen molar-refractivity contribution in [2.24, 2.45) is 0 Å². The summed E-state index contributed by atoms with van der Waals surface area (Å²) in [5.74, 6) is 0. The highest BCUT2D eigenvalue weighted by atomic mass is 31.2. The van der Waals surface area contributed by atoms with Crippen LogP contribution in [0.5, 0.6) is 0 Å².